The molecule has 4 N–H and O–H groups in total. The number of hydrogen-bond acceptors (Lipinski definition) is 3. The quantitative estimate of drug-likeness (QED) is 0.169. The van der Waals surface area contributed by atoms with Crippen molar-refractivity contribution < 1.29 is 0 Å². The number of anilines is 1. The summed E-state index contributed by atoms with van der Waals surface area (Å²) in [6.45, 7) is 11.1. The average molecular weight is 552 g/mol. The molecule has 1 aliphatic carbocycles. The van der Waals surface area contributed by atoms with E-state index >= 15 is 0 Å². The lowest BCUT2D eigenvalue weighted by molar-refractivity contribution is 0.653. The molecule has 212 valence electrons. The number of aromatic nitrogens is 1. The first kappa shape index (κ1) is 28.9. The van der Waals surface area contributed by atoms with Gasteiger partial charge in [-0.25, -0.2) is 4.98 Å². The van der Waals surface area contributed by atoms with Crippen molar-refractivity contribution in [3.63, 3.8) is 0 Å². The Kier molecular flexibility index (Phi) is 8.31. The van der Waals surface area contributed by atoms with Crippen LogP contribution < -0.4 is 11.5 Å². The number of rotatable bonds is 8. The third-order valence-electron chi connectivity index (χ3n) is 8.48. The van der Waals surface area contributed by atoms with Gasteiger partial charge in [0.15, 0.2) is 0 Å². The average Bonchev–Trinajstić information content (AvgIpc) is 3.22. The van der Waals surface area contributed by atoms with E-state index < -0.39 is 0 Å². The van der Waals surface area contributed by atoms with Crippen molar-refractivity contribution in [1.29, 1.82) is 0 Å². The Bertz CT molecular complexity index is 1790. The summed E-state index contributed by atoms with van der Waals surface area (Å²) >= 11 is 0. The molecule has 0 radical (unpaired) electrons. The van der Waals surface area contributed by atoms with Crippen LogP contribution in [0.25, 0.3) is 33.7 Å². The molecule has 0 unspecified atom stereocenters. The summed E-state index contributed by atoms with van der Waals surface area (Å²) in [4.78, 5) is 5.08. The van der Waals surface area contributed by atoms with E-state index in [1.54, 1.807) is 6.20 Å². The Labute approximate surface area is 250 Å². The smallest absolute Gasteiger partial charge is 0.0944 e. The second-order valence-corrected chi connectivity index (χ2v) is 11.5. The van der Waals surface area contributed by atoms with E-state index in [2.05, 4.69) is 125 Å². The molecule has 0 atom stereocenters. The number of hydrogen-bond donors (Lipinski definition) is 2. The van der Waals surface area contributed by atoms with E-state index in [0.717, 1.165) is 51.7 Å². The molecule has 0 bridgehead atoms. The normalized spacial score (nSPS) is 15.4. The Morgan fingerprint density at radius 2 is 1.76 bits per heavy atom. The zero-order chi connectivity index (χ0) is 29.9. The van der Waals surface area contributed by atoms with Gasteiger partial charge in [0, 0.05) is 10.8 Å². The van der Waals surface area contributed by atoms with Crippen LogP contribution in [0, 0.1) is 0 Å². The van der Waals surface area contributed by atoms with E-state index in [1.807, 2.05) is 13.0 Å². The van der Waals surface area contributed by atoms with Crippen LogP contribution in [-0.4, -0.2) is 4.98 Å². The molecule has 1 heterocycles. The third-order valence-corrected chi connectivity index (χ3v) is 8.48. The first-order valence-electron chi connectivity index (χ1n) is 14.8. The van der Waals surface area contributed by atoms with Gasteiger partial charge >= 0.3 is 0 Å². The maximum absolute atomic E-state index is 6.72. The SMILES string of the molecule is C/C=C(\C=C/N)c1cccc(C/C=C\c2ccc3ccc(/C(C)=C/C4=C(CC)c5ccccc5C4(C)C)nc3c2N)c1. The molecule has 3 aromatic carbocycles. The molecular formula is C39H41N3. The van der Waals surface area contributed by atoms with Crippen LogP contribution in [0.15, 0.2) is 109 Å². The standard InChI is InChI=1S/C39H41N3/c1-6-28(22-23-40)31-15-11-13-27(25-31)12-10-14-29-18-19-30-20-21-36(42-38(30)37(29)41)26(3)24-35-32(7-2)33-16-8-9-17-34(33)39(35,4)5/h6,8-11,13-25H,7,12,40-41H2,1-5H3/b14-10-,23-22-,26-24+,28-6+. The monoisotopic (exact) mass is 551 g/mol. The van der Waals surface area contributed by atoms with Gasteiger partial charge in [-0.05, 0) is 95.1 Å². The largest absolute Gasteiger partial charge is 0.405 e. The number of allylic oxidation sites excluding steroid dienone is 8. The third kappa shape index (κ3) is 5.47. The van der Waals surface area contributed by atoms with Gasteiger partial charge in [0.1, 0.15) is 0 Å². The van der Waals surface area contributed by atoms with Gasteiger partial charge < -0.3 is 11.5 Å². The van der Waals surface area contributed by atoms with Crippen LogP contribution in [-0.2, 0) is 11.8 Å². The van der Waals surface area contributed by atoms with Crippen molar-refractivity contribution in [3.8, 4) is 0 Å². The number of nitrogen functional groups attached to an aromatic ring is 1. The van der Waals surface area contributed by atoms with Crippen molar-refractivity contribution in [2.24, 2.45) is 5.73 Å². The summed E-state index contributed by atoms with van der Waals surface area (Å²) in [5.74, 6) is 0. The Hall–Kier alpha value is -4.63. The first-order chi connectivity index (χ1) is 20.3. The van der Waals surface area contributed by atoms with Crippen LogP contribution in [0.5, 0.6) is 0 Å². The van der Waals surface area contributed by atoms with E-state index in [0.29, 0.717) is 5.69 Å². The highest BCUT2D eigenvalue weighted by molar-refractivity contribution is 5.95. The van der Waals surface area contributed by atoms with E-state index in [4.69, 9.17) is 16.5 Å². The van der Waals surface area contributed by atoms with Crippen LogP contribution in [0.4, 0.5) is 5.69 Å². The molecule has 3 heteroatoms. The number of nitrogens with zero attached hydrogens (tertiary/aromatic N) is 1. The minimum absolute atomic E-state index is 0.0495. The summed E-state index contributed by atoms with van der Waals surface area (Å²) in [5.41, 5.74) is 26.0. The van der Waals surface area contributed by atoms with Crippen molar-refractivity contribution in [2.75, 3.05) is 5.73 Å². The number of benzene rings is 3. The fourth-order valence-electron chi connectivity index (χ4n) is 6.15. The topological polar surface area (TPSA) is 64.9 Å². The molecule has 3 nitrogen and oxygen atoms in total. The van der Waals surface area contributed by atoms with E-state index in [-0.39, 0.29) is 5.41 Å². The van der Waals surface area contributed by atoms with Crippen molar-refractivity contribution in [2.45, 2.75) is 52.9 Å². The highest BCUT2D eigenvalue weighted by Crippen LogP contribution is 2.48. The fourth-order valence-corrected chi connectivity index (χ4v) is 6.15. The molecule has 0 saturated carbocycles. The van der Waals surface area contributed by atoms with Crippen LogP contribution in [0.1, 0.15) is 74.6 Å². The minimum Gasteiger partial charge on any atom is -0.405 e. The highest BCUT2D eigenvalue weighted by Gasteiger charge is 2.35. The summed E-state index contributed by atoms with van der Waals surface area (Å²) in [6.07, 6.45) is 14.0. The summed E-state index contributed by atoms with van der Waals surface area (Å²) in [7, 11) is 0. The van der Waals surface area contributed by atoms with Gasteiger partial charge in [-0.3, -0.25) is 0 Å². The maximum Gasteiger partial charge on any atom is 0.0944 e. The predicted molar refractivity (Wildman–Crippen MR) is 183 cm³/mol. The van der Waals surface area contributed by atoms with Gasteiger partial charge in [-0.15, -0.1) is 0 Å². The lowest BCUT2D eigenvalue weighted by Crippen LogP contribution is -2.16. The van der Waals surface area contributed by atoms with Gasteiger partial charge in [-0.1, -0.05) is 112 Å². The second-order valence-electron chi connectivity index (χ2n) is 11.5. The van der Waals surface area contributed by atoms with Gasteiger partial charge in [0.25, 0.3) is 0 Å². The van der Waals surface area contributed by atoms with E-state index in [9.17, 15) is 0 Å². The van der Waals surface area contributed by atoms with Crippen molar-refractivity contribution in [1.82, 2.24) is 4.98 Å². The van der Waals surface area contributed by atoms with Gasteiger partial charge in [0.2, 0.25) is 0 Å². The highest BCUT2D eigenvalue weighted by atomic mass is 14.7. The molecule has 5 rings (SSSR count). The molecule has 0 aliphatic heterocycles. The molecule has 42 heavy (non-hydrogen) atoms. The summed E-state index contributed by atoms with van der Waals surface area (Å²) < 4.78 is 0. The van der Waals surface area contributed by atoms with Crippen LogP contribution >= 0.6 is 0 Å². The van der Waals surface area contributed by atoms with Crippen LogP contribution in [0.2, 0.25) is 0 Å². The summed E-state index contributed by atoms with van der Waals surface area (Å²) in [6, 6.07) is 25.8. The molecule has 0 saturated heterocycles. The van der Waals surface area contributed by atoms with Crippen molar-refractivity contribution >= 4 is 39.4 Å². The van der Waals surface area contributed by atoms with Gasteiger partial charge in [0.05, 0.1) is 16.9 Å². The maximum atomic E-state index is 6.72. The van der Waals surface area contributed by atoms with Crippen LogP contribution in [0.3, 0.4) is 0 Å². The molecule has 0 fully saturated rings. The van der Waals surface area contributed by atoms with Crippen molar-refractivity contribution in [3.05, 3.63) is 142 Å². The van der Waals surface area contributed by atoms with E-state index in [1.165, 1.54) is 27.8 Å². The zero-order valence-corrected chi connectivity index (χ0v) is 25.4. The van der Waals surface area contributed by atoms with Gasteiger partial charge in [-0.2, -0.15) is 0 Å². The first-order valence-corrected chi connectivity index (χ1v) is 14.8. The number of fused-ring (bicyclic) bond motifs is 2. The zero-order valence-electron chi connectivity index (χ0n) is 25.4. The molecule has 1 aromatic heterocycles. The predicted octanol–water partition coefficient (Wildman–Crippen LogP) is 9.51. The fraction of sp³-hybridized carbons (Fsp3) is 0.205. The molecule has 4 aromatic rings. The lowest BCUT2D eigenvalue weighted by Gasteiger charge is -2.23. The minimum atomic E-state index is -0.0495. The Balaban J connectivity index is 1.43. The number of pyridine rings is 1. The summed E-state index contributed by atoms with van der Waals surface area (Å²) in [5, 5.41) is 1.04. The molecule has 0 amide bonds. The molecule has 1 aliphatic rings. The number of nitrogens with two attached hydrogens (primary N) is 2. The lowest BCUT2D eigenvalue weighted by atomic mass is 9.80. The molecular weight excluding hydrogens is 510 g/mol. The molecule has 0 spiro atoms. The Morgan fingerprint density at radius 1 is 0.976 bits per heavy atom. The Morgan fingerprint density at radius 3 is 2.52 bits per heavy atom. The second kappa shape index (κ2) is 12.1.